The molecule has 0 aromatic heterocycles. The molecule has 88 valence electrons. The van der Waals surface area contributed by atoms with Crippen molar-refractivity contribution in [2.24, 2.45) is 0 Å². The molecule has 4 nitrogen and oxygen atoms in total. The first-order valence-electron chi connectivity index (χ1n) is 5.89. The smallest absolute Gasteiger partial charge is 0.234 e. The lowest BCUT2D eigenvalue weighted by Crippen LogP contribution is -2.57. The lowest BCUT2D eigenvalue weighted by molar-refractivity contribution is -0.123. The maximum absolute atomic E-state index is 11.5. The van der Waals surface area contributed by atoms with Gasteiger partial charge in [-0.3, -0.25) is 9.69 Å². The van der Waals surface area contributed by atoms with Gasteiger partial charge in [0.05, 0.1) is 6.54 Å². The van der Waals surface area contributed by atoms with Crippen molar-refractivity contribution >= 4 is 5.91 Å². The molecule has 0 aliphatic carbocycles. The van der Waals surface area contributed by atoms with Crippen LogP contribution >= 0.6 is 0 Å². The minimum absolute atomic E-state index is 0.151. The zero-order valence-electron chi connectivity index (χ0n) is 10.0. The van der Waals surface area contributed by atoms with Gasteiger partial charge in [0.25, 0.3) is 0 Å². The number of amides is 1. The van der Waals surface area contributed by atoms with Gasteiger partial charge < -0.3 is 10.6 Å². The predicted molar refractivity (Wildman–Crippen MR) is 61.8 cm³/mol. The summed E-state index contributed by atoms with van der Waals surface area (Å²) in [6.07, 6.45) is 0.999. The van der Waals surface area contributed by atoms with Crippen LogP contribution in [-0.4, -0.2) is 49.1 Å². The normalized spacial score (nSPS) is 27.7. The number of nitrogens with one attached hydrogen (secondary N) is 2. The van der Waals surface area contributed by atoms with Gasteiger partial charge in [-0.05, 0) is 20.3 Å². The fourth-order valence-corrected chi connectivity index (χ4v) is 1.85. The molecule has 1 amide bonds. The van der Waals surface area contributed by atoms with Crippen LogP contribution < -0.4 is 10.6 Å². The second-order valence-electron chi connectivity index (χ2n) is 4.30. The van der Waals surface area contributed by atoms with Gasteiger partial charge in [-0.15, -0.1) is 0 Å². The van der Waals surface area contributed by atoms with E-state index in [0.717, 1.165) is 26.1 Å². The third-order valence-corrected chi connectivity index (χ3v) is 3.08. The quantitative estimate of drug-likeness (QED) is 0.701. The minimum atomic E-state index is 0.151. The van der Waals surface area contributed by atoms with E-state index in [1.807, 2.05) is 0 Å². The second kappa shape index (κ2) is 6.08. The Hall–Kier alpha value is -0.610. The van der Waals surface area contributed by atoms with E-state index >= 15 is 0 Å². The first-order chi connectivity index (χ1) is 7.15. The fraction of sp³-hybridized carbons (Fsp3) is 0.909. The van der Waals surface area contributed by atoms with E-state index in [-0.39, 0.29) is 5.91 Å². The summed E-state index contributed by atoms with van der Waals surface area (Å²) in [5.41, 5.74) is 0. The average molecular weight is 213 g/mol. The van der Waals surface area contributed by atoms with E-state index in [9.17, 15) is 4.79 Å². The summed E-state index contributed by atoms with van der Waals surface area (Å²) in [4.78, 5) is 13.8. The Morgan fingerprint density at radius 1 is 1.53 bits per heavy atom. The topological polar surface area (TPSA) is 44.4 Å². The molecule has 2 N–H and O–H groups in total. The van der Waals surface area contributed by atoms with Gasteiger partial charge in [-0.1, -0.05) is 6.92 Å². The van der Waals surface area contributed by atoms with Crippen LogP contribution in [0.3, 0.4) is 0 Å². The SMILES string of the molecule is CCCNC(=O)CN1CCNC(C)C1C. The van der Waals surface area contributed by atoms with Crippen molar-refractivity contribution in [3.8, 4) is 0 Å². The third-order valence-electron chi connectivity index (χ3n) is 3.08. The van der Waals surface area contributed by atoms with Crippen molar-refractivity contribution in [3.05, 3.63) is 0 Å². The van der Waals surface area contributed by atoms with Crippen LogP contribution in [0.15, 0.2) is 0 Å². The molecule has 0 bridgehead atoms. The molecule has 2 atom stereocenters. The summed E-state index contributed by atoms with van der Waals surface area (Å²) in [6.45, 7) is 9.67. The highest BCUT2D eigenvalue weighted by molar-refractivity contribution is 5.78. The van der Waals surface area contributed by atoms with Gasteiger partial charge >= 0.3 is 0 Å². The maximum atomic E-state index is 11.5. The Morgan fingerprint density at radius 2 is 2.27 bits per heavy atom. The molecule has 15 heavy (non-hydrogen) atoms. The van der Waals surface area contributed by atoms with Crippen LogP contribution in [0.25, 0.3) is 0 Å². The first kappa shape index (κ1) is 12.5. The van der Waals surface area contributed by atoms with Gasteiger partial charge in [-0.25, -0.2) is 0 Å². The molecule has 0 saturated carbocycles. The summed E-state index contributed by atoms with van der Waals surface area (Å²) >= 11 is 0. The Labute approximate surface area is 92.4 Å². The molecule has 1 heterocycles. The van der Waals surface area contributed by atoms with E-state index < -0.39 is 0 Å². The fourth-order valence-electron chi connectivity index (χ4n) is 1.85. The molecule has 2 unspecified atom stereocenters. The van der Waals surface area contributed by atoms with E-state index in [2.05, 4.69) is 36.3 Å². The van der Waals surface area contributed by atoms with Crippen LogP contribution in [0.5, 0.6) is 0 Å². The zero-order chi connectivity index (χ0) is 11.3. The summed E-state index contributed by atoms with van der Waals surface area (Å²) in [7, 11) is 0. The molecule has 4 heteroatoms. The van der Waals surface area contributed by atoms with Crippen molar-refractivity contribution in [3.63, 3.8) is 0 Å². The summed E-state index contributed by atoms with van der Waals surface area (Å²) in [5.74, 6) is 0.151. The van der Waals surface area contributed by atoms with Crippen molar-refractivity contribution in [1.29, 1.82) is 0 Å². The van der Waals surface area contributed by atoms with Gasteiger partial charge in [0, 0.05) is 31.7 Å². The van der Waals surface area contributed by atoms with Crippen LogP contribution in [0.2, 0.25) is 0 Å². The minimum Gasteiger partial charge on any atom is -0.355 e. The summed E-state index contributed by atoms with van der Waals surface area (Å²) in [5, 5.41) is 6.32. The molecule has 1 saturated heterocycles. The number of rotatable bonds is 4. The highest BCUT2D eigenvalue weighted by Gasteiger charge is 2.25. The average Bonchev–Trinajstić information content (AvgIpc) is 2.22. The van der Waals surface area contributed by atoms with Gasteiger partial charge in [0.15, 0.2) is 0 Å². The van der Waals surface area contributed by atoms with Gasteiger partial charge in [-0.2, -0.15) is 0 Å². The number of carbonyl (C=O) groups is 1. The Balaban J connectivity index is 2.33. The molecule has 1 aliphatic heterocycles. The monoisotopic (exact) mass is 213 g/mol. The number of carbonyl (C=O) groups excluding carboxylic acids is 1. The van der Waals surface area contributed by atoms with Gasteiger partial charge in [0.1, 0.15) is 0 Å². The summed E-state index contributed by atoms with van der Waals surface area (Å²) in [6, 6.07) is 0.906. The highest BCUT2D eigenvalue weighted by atomic mass is 16.2. The number of hydrogen-bond donors (Lipinski definition) is 2. The largest absolute Gasteiger partial charge is 0.355 e. The van der Waals surface area contributed by atoms with Crippen LogP contribution in [-0.2, 0) is 4.79 Å². The van der Waals surface area contributed by atoms with Crippen molar-refractivity contribution in [2.45, 2.75) is 39.3 Å². The van der Waals surface area contributed by atoms with E-state index in [4.69, 9.17) is 0 Å². The molecule has 0 aromatic carbocycles. The molecule has 0 spiro atoms. The van der Waals surface area contributed by atoms with E-state index in [1.54, 1.807) is 0 Å². The number of hydrogen-bond acceptors (Lipinski definition) is 3. The van der Waals surface area contributed by atoms with E-state index in [1.165, 1.54) is 0 Å². The first-order valence-corrected chi connectivity index (χ1v) is 5.89. The molecule has 0 radical (unpaired) electrons. The van der Waals surface area contributed by atoms with Crippen LogP contribution in [0.4, 0.5) is 0 Å². The number of piperazine rings is 1. The second-order valence-corrected chi connectivity index (χ2v) is 4.30. The third kappa shape index (κ3) is 3.80. The van der Waals surface area contributed by atoms with Crippen molar-refractivity contribution < 1.29 is 4.79 Å². The van der Waals surface area contributed by atoms with Crippen molar-refractivity contribution in [2.75, 3.05) is 26.2 Å². The predicted octanol–water partition coefficient (Wildman–Crippen LogP) is 0.195. The maximum Gasteiger partial charge on any atom is 0.234 e. The Morgan fingerprint density at radius 3 is 2.93 bits per heavy atom. The van der Waals surface area contributed by atoms with Gasteiger partial charge in [0.2, 0.25) is 5.91 Å². The molecule has 1 aliphatic rings. The molecular formula is C11H23N3O. The Kier molecular flexibility index (Phi) is 5.05. The number of nitrogens with zero attached hydrogens (tertiary/aromatic N) is 1. The highest BCUT2D eigenvalue weighted by Crippen LogP contribution is 2.07. The van der Waals surface area contributed by atoms with Crippen LogP contribution in [0.1, 0.15) is 27.2 Å². The van der Waals surface area contributed by atoms with Crippen molar-refractivity contribution in [1.82, 2.24) is 15.5 Å². The summed E-state index contributed by atoms with van der Waals surface area (Å²) < 4.78 is 0. The Bertz CT molecular complexity index is 208. The lowest BCUT2D eigenvalue weighted by Gasteiger charge is -2.38. The lowest BCUT2D eigenvalue weighted by atomic mass is 10.1. The molecule has 1 rings (SSSR count). The molecule has 1 fully saturated rings. The zero-order valence-corrected chi connectivity index (χ0v) is 10.0. The van der Waals surface area contributed by atoms with E-state index in [0.29, 0.717) is 18.6 Å². The standard InChI is InChI=1S/C11H23N3O/c1-4-5-13-11(15)8-14-7-6-12-9(2)10(14)3/h9-10,12H,4-8H2,1-3H3,(H,13,15). The molecule has 0 aromatic rings. The molecular weight excluding hydrogens is 190 g/mol. The van der Waals surface area contributed by atoms with Crippen LogP contribution in [0, 0.1) is 0 Å².